The van der Waals surface area contributed by atoms with Crippen LogP contribution in [0, 0.1) is 52.3 Å². The lowest BCUT2D eigenvalue weighted by molar-refractivity contribution is -0.141. The third-order valence-electron chi connectivity index (χ3n) is 10.7. The summed E-state index contributed by atoms with van der Waals surface area (Å²) in [5.41, 5.74) is 1.15. The zero-order valence-electron chi connectivity index (χ0n) is 19.1. The van der Waals surface area contributed by atoms with Crippen molar-refractivity contribution in [2.24, 2.45) is 52.3 Å². The molecule has 4 rings (SSSR count). The molecule has 0 N–H and O–H groups in total. The fourth-order valence-electron chi connectivity index (χ4n) is 9.10. The van der Waals surface area contributed by atoms with E-state index in [-0.39, 0.29) is 5.97 Å². The highest BCUT2D eigenvalue weighted by Crippen LogP contribution is 2.68. The molecule has 4 aliphatic carbocycles. The zero-order valence-corrected chi connectivity index (χ0v) is 19.1. The van der Waals surface area contributed by atoms with Crippen molar-refractivity contribution in [3.05, 3.63) is 0 Å². The van der Waals surface area contributed by atoms with Crippen molar-refractivity contribution >= 4 is 5.97 Å². The van der Waals surface area contributed by atoms with Gasteiger partial charge in [0.15, 0.2) is 0 Å². The first-order valence-electron chi connectivity index (χ1n) is 12.4. The summed E-state index contributed by atoms with van der Waals surface area (Å²) in [6.07, 6.45) is 14.8. The van der Waals surface area contributed by atoms with Crippen LogP contribution in [-0.4, -0.2) is 13.1 Å². The van der Waals surface area contributed by atoms with Crippen LogP contribution in [0.4, 0.5) is 0 Å². The molecule has 160 valence electrons. The Morgan fingerprint density at radius 2 is 1.71 bits per heavy atom. The van der Waals surface area contributed by atoms with Gasteiger partial charge in [-0.3, -0.25) is 4.79 Å². The maximum Gasteiger partial charge on any atom is 0.305 e. The quantitative estimate of drug-likeness (QED) is 0.491. The van der Waals surface area contributed by atoms with Gasteiger partial charge in [-0.25, -0.2) is 0 Å². The number of methoxy groups -OCH3 is 1. The summed E-state index contributed by atoms with van der Waals surface area (Å²) in [4.78, 5) is 11.7. The highest BCUT2D eigenvalue weighted by Gasteiger charge is 2.60. The number of fused-ring (bicyclic) bond motifs is 5. The van der Waals surface area contributed by atoms with Gasteiger partial charge in [0.25, 0.3) is 0 Å². The summed E-state index contributed by atoms with van der Waals surface area (Å²) in [7, 11) is 1.52. The minimum absolute atomic E-state index is 0.0342. The van der Waals surface area contributed by atoms with Crippen molar-refractivity contribution in [3.8, 4) is 0 Å². The molecule has 0 spiro atoms. The standard InChI is InChI=1S/C26H44O2/c1-17-12-14-25(3)19(16-17)7-8-20-22-10-9-21(18(2)6-11-24(27)28-5)26(22,4)15-13-23(20)25/h17-23H,6-16H2,1-5H3/t17-,18-,19-,20?,21-,22?,23?,25+,26-/m1/s1. The average molecular weight is 389 g/mol. The molecule has 0 bridgehead atoms. The van der Waals surface area contributed by atoms with Gasteiger partial charge in [-0.2, -0.15) is 0 Å². The number of hydrogen-bond donors (Lipinski definition) is 0. The third-order valence-corrected chi connectivity index (χ3v) is 10.7. The second-order valence-electron chi connectivity index (χ2n) is 11.9. The molecule has 9 atom stereocenters. The van der Waals surface area contributed by atoms with Crippen molar-refractivity contribution < 1.29 is 9.53 Å². The predicted molar refractivity (Wildman–Crippen MR) is 115 cm³/mol. The Kier molecular flexibility index (Phi) is 5.64. The molecule has 0 heterocycles. The van der Waals surface area contributed by atoms with E-state index in [1.807, 2.05) is 0 Å². The van der Waals surface area contributed by atoms with E-state index in [1.54, 1.807) is 0 Å². The van der Waals surface area contributed by atoms with E-state index < -0.39 is 0 Å². The molecule has 0 aromatic heterocycles. The van der Waals surface area contributed by atoms with Crippen LogP contribution in [0.2, 0.25) is 0 Å². The minimum Gasteiger partial charge on any atom is -0.469 e. The molecular formula is C26H44O2. The molecule has 0 radical (unpaired) electrons. The molecule has 2 heteroatoms. The first-order valence-corrected chi connectivity index (χ1v) is 12.4. The van der Waals surface area contributed by atoms with Gasteiger partial charge in [0.2, 0.25) is 0 Å². The molecule has 0 aromatic carbocycles. The van der Waals surface area contributed by atoms with Gasteiger partial charge in [-0.1, -0.05) is 34.1 Å². The average Bonchev–Trinajstić information content (AvgIpc) is 3.03. The van der Waals surface area contributed by atoms with Crippen molar-refractivity contribution in [3.63, 3.8) is 0 Å². The minimum atomic E-state index is -0.0342. The number of ether oxygens (including phenoxy) is 1. The molecule has 0 aromatic rings. The van der Waals surface area contributed by atoms with Crippen LogP contribution >= 0.6 is 0 Å². The first kappa shape index (κ1) is 20.7. The molecular weight excluding hydrogens is 344 g/mol. The SMILES string of the molecule is COC(=O)CC[C@@H](C)[C@H]1CCC2C3CC[C@@H]4C[C@H](C)CC[C@]4(C)C3CC[C@@]21C. The zero-order chi connectivity index (χ0) is 20.1. The van der Waals surface area contributed by atoms with Crippen LogP contribution in [0.3, 0.4) is 0 Å². The predicted octanol–water partition coefficient (Wildman–Crippen LogP) is 6.87. The van der Waals surface area contributed by atoms with Crippen LogP contribution in [0.25, 0.3) is 0 Å². The summed E-state index contributed by atoms with van der Waals surface area (Å²) in [5.74, 6) is 6.27. The van der Waals surface area contributed by atoms with Gasteiger partial charge in [-0.15, -0.1) is 0 Å². The van der Waals surface area contributed by atoms with Crippen molar-refractivity contribution in [2.45, 2.75) is 98.3 Å². The van der Waals surface area contributed by atoms with Crippen LogP contribution in [0.15, 0.2) is 0 Å². The van der Waals surface area contributed by atoms with E-state index in [1.165, 1.54) is 64.9 Å². The summed E-state index contributed by atoms with van der Waals surface area (Å²) >= 11 is 0. The monoisotopic (exact) mass is 388 g/mol. The van der Waals surface area contributed by atoms with E-state index in [0.29, 0.717) is 23.2 Å². The van der Waals surface area contributed by atoms with Crippen molar-refractivity contribution in [1.29, 1.82) is 0 Å². The van der Waals surface area contributed by atoms with Gasteiger partial charge < -0.3 is 4.74 Å². The smallest absolute Gasteiger partial charge is 0.305 e. The Morgan fingerprint density at radius 3 is 2.46 bits per heavy atom. The van der Waals surface area contributed by atoms with Crippen LogP contribution in [0.5, 0.6) is 0 Å². The second kappa shape index (κ2) is 7.62. The largest absolute Gasteiger partial charge is 0.469 e. The maximum atomic E-state index is 11.7. The maximum absolute atomic E-state index is 11.7. The van der Waals surface area contributed by atoms with Crippen molar-refractivity contribution in [1.82, 2.24) is 0 Å². The summed E-state index contributed by atoms with van der Waals surface area (Å²) in [5, 5.41) is 0. The number of carbonyl (C=O) groups is 1. The normalized spacial score (nSPS) is 48.9. The summed E-state index contributed by atoms with van der Waals surface area (Å²) in [6.45, 7) is 10.2. The molecule has 3 unspecified atom stereocenters. The van der Waals surface area contributed by atoms with Crippen molar-refractivity contribution in [2.75, 3.05) is 7.11 Å². The molecule has 4 fully saturated rings. The van der Waals surface area contributed by atoms with Crippen LogP contribution in [0.1, 0.15) is 98.3 Å². The number of rotatable bonds is 4. The van der Waals surface area contributed by atoms with E-state index in [4.69, 9.17) is 4.74 Å². The molecule has 0 amide bonds. The molecule has 28 heavy (non-hydrogen) atoms. The van der Waals surface area contributed by atoms with E-state index in [0.717, 1.165) is 41.9 Å². The molecule has 4 saturated carbocycles. The lowest BCUT2D eigenvalue weighted by atomic mass is 9.44. The molecule has 4 aliphatic rings. The number of hydrogen-bond acceptors (Lipinski definition) is 2. The van der Waals surface area contributed by atoms with E-state index in [2.05, 4.69) is 27.7 Å². The Bertz CT molecular complexity index is 585. The fourth-order valence-corrected chi connectivity index (χ4v) is 9.10. The van der Waals surface area contributed by atoms with E-state index in [9.17, 15) is 4.79 Å². The summed E-state index contributed by atoms with van der Waals surface area (Å²) < 4.78 is 4.90. The Balaban J connectivity index is 1.48. The molecule has 2 nitrogen and oxygen atoms in total. The second-order valence-corrected chi connectivity index (χ2v) is 11.9. The fraction of sp³-hybridized carbons (Fsp3) is 0.962. The topological polar surface area (TPSA) is 26.3 Å². The first-order chi connectivity index (χ1) is 13.3. The van der Waals surface area contributed by atoms with Crippen LogP contribution in [-0.2, 0) is 9.53 Å². The van der Waals surface area contributed by atoms with Gasteiger partial charge >= 0.3 is 5.97 Å². The third kappa shape index (κ3) is 3.25. The number of carbonyl (C=O) groups excluding carboxylic acids is 1. The molecule has 0 saturated heterocycles. The van der Waals surface area contributed by atoms with Gasteiger partial charge in [0.05, 0.1) is 7.11 Å². The highest BCUT2D eigenvalue weighted by molar-refractivity contribution is 5.69. The lowest BCUT2D eigenvalue weighted by Gasteiger charge is -2.61. The Labute approximate surface area is 173 Å². The lowest BCUT2D eigenvalue weighted by Crippen LogP contribution is -2.53. The Morgan fingerprint density at radius 1 is 1.00 bits per heavy atom. The van der Waals surface area contributed by atoms with E-state index >= 15 is 0 Å². The van der Waals surface area contributed by atoms with Crippen LogP contribution < -0.4 is 0 Å². The Hall–Kier alpha value is -0.530. The van der Waals surface area contributed by atoms with Gasteiger partial charge in [0, 0.05) is 6.42 Å². The summed E-state index contributed by atoms with van der Waals surface area (Å²) in [6, 6.07) is 0. The highest BCUT2D eigenvalue weighted by atomic mass is 16.5. The van der Waals surface area contributed by atoms with Gasteiger partial charge in [-0.05, 0) is 110 Å². The number of esters is 1. The molecule has 0 aliphatic heterocycles. The van der Waals surface area contributed by atoms with Gasteiger partial charge in [0.1, 0.15) is 0 Å².